The molecule has 7 atom stereocenters. The third-order valence-electron chi connectivity index (χ3n) is 13.7. The topological polar surface area (TPSA) is 384 Å². The molecule has 79 heavy (non-hydrogen) atoms. The smallest absolute Gasteiger partial charge is 0.246 e. The number of nitrogens with one attached hydrogen (secondary N) is 7. The maximum absolute atomic E-state index is 15.0. The fourth-order valence-corrected chi connectivity index (χ4v) is 13.0. The van der Waals surface area contributed by atoms with Gasteiger partial charge in [-0.15, -0.1) is 0 Å². The molecule has 0 unspecified atom stereocenters. The van der Waals surface area contributed by atoms with Gasteiger partial charge in [-0.05, 0) is 74.6 Å². The van der Waals surface area contributed by atoms with E-state index in [1.807, 2.05) is 6.92 Å². The lowest BCUT2D eigenvalue weighted by molar-refractivity contribution is -0.142. The van der Waals surface area contributed by atoms with Crippen LogP contribution in [0.25, 0.3) is 0 Å². The number of ether oxygens (including phenoxy) is 1. The molecule has 26 heteroatoms. The largest absolute Gasteiger partial charge is 0.494 e. The van der Waals surface area contributed by atoms with E-state index in [-0.39, 0.29) is 63.3 Å². The monoisotopic (exact) mass is 1140 g/mol. The molecule has 3 fully saturated rings. The lowest BCUT2D eigenvalue weighted by Crippen LogP contribution is -2.61. The Hall–Kier alpha value is -7.09. The van der Waals surface area contributed by atoms with Crippen LogP contribution >= 0.6 is 21.6 Å². The Morgan fingerprint density at radius 3 is 2.04 bits per heavy atom. The number of carbonyl (C=O) groups excluding carboxylic acids is 10. The van der Waals surface area contributed by atoms with Crippen molar-refractivity contribution in [3.63, 3.8) is 0 Å². The average molecular weight is 1140 g/mol. The van der Waals surface area contributed by atoms with Crippen LogP contribution < -0.4 is 64.9 Å². The maximum Gasteiger partial charge on any atom is 0.246 e. The van der Waals surface area contributed by atoms with Gasteiger partial charge in [-0.3, -0.25) is 52.9 Å². The molecule has 1 spiro atoms. The zero-order chi connectivity index (χ0) is 57.6. The lowest BCUT2D eigenvalue weighted by atomic mass is 9.85. The Labute approximate surface area is 468 Å². The van der Waals surface area contributed by atoms with Crippen LogP contribution in [0, 0.1) is 5.92 Å². The molecule has 0 bridgehead atoms. The van der Waals surface area contributed by atoms with Gasteiger partial charge in [-0.25, -0.2) is 0 Å². The summed E-state index contributed by atoms with van der Waals surface area (Å²) in [5.41, 5.74) is 23.2. The molecule has 432 valence electrons. The molecule has 5 rings (SSSR count). The van der Waals surface area contributed by atoms with Gasteiger partial charge in [-0.2, -0.15) is 0 Å². The molecule has 2 aromatic rings. The number of aliphatic imine (C=N–C) groups is 1. The highest BCUT2D eigenvalue weighted by Crippen LogP contribution is 2.48. The quantitative estimate of drug-likeness (QED) is 0.0364. The summed E-state index contributed by atoms with van der Waals surface area (Å²) in [5.74, 6) is -7.88. The van der Waals surface area contributed by atoms with Gasteiger partial charge in [0.2, 0.25) is 59.1 Å². The number of hydrogen-bond donors (Lipinski definition) is 11. The summed E-state index contributed by atoms with van der Waals surface area (Å²) in [6, 6.07) is 6.83. The normalized spacial score (nSPS) is 22.9. The first-order valence-electron chi connectivity index (χ1n) is 26.7. The van der Waals surface area contributed by atoms with Crippen LogP contribution in [0.5, 0.6) is 5.75 Å². The van der Waals surface area contributed by atoms with Crippen molar-refractivity contribution in [2.45, 2.75) is 151 Å². The second kappa shape index (κ2) is 30.9. The number of amides is 10. The number of nitrogens with zero attached hydrogens (tertiary/aromatic N) is 2. The fourth-order valence-electron chi connectivity index (χ4n) is 9.66. The van der Waals surface area contributed by atoms with Crippen LogP contribution in [0.4, 0.5) is 0 Å². The van der Waals surface area contributed by atoms with E-state index in [1.165, 1.54) is 26.5 Å². The average Bonchev–Trinajstić information content (AvgIpc) is 3.91. The molecule has 1 saturated carbocycles. The Morgan fingerprint density at radius 2 is 1.41 bits per heavy atom. The fraction of sp³-hybridized carbons (Fsp3) is 0.566. The first kappa shape index (κ1) is 62.7. The number of hydrogen-bond acceptors (Lipinski definition) is 14. The first-order chi connectivity index (χ1) is 37.7. The maximum atomic E-state index is 15.0. The third kappa shape index (κ3) is 20.0. The van der Waals surface area contributed by atoms with Crippen molar-refractivity contribution in [1.29, 1.82) is 0 Å². The Kier molecular flexibility index (Phi) is 24.5. The SMILES string of the molecule is CCOc1ccc(C[C@@H]2NC(=O)CC3(CCCCC3)SSC[C@@H](C(=O)N3CCC[C@H]3C(=O)N[C@H](CCCN=C(N)N)C(=O)NCC(N)=O)NC(=O)[C@H](CC(N)=O)NC(=O)[C@H](C(C)C)NC(=O)[C@H](Cc3ccccc3)NC2=O)cc1. The van der Waals surface area contributed by atoms with Crippen molar-refractivity contribution in [3.05, 3.63) is 65.7 Å². The van der Waals surface area contributed by atoms with E-state index in [0.29, 0.717) is 42.7 Å². The van der Waals surface area contributed by atoms with Crippen LogP contribution in [-0.4, -0.2) is 149 Å². The van der Waals surface area contributed by atoms with Gasteiger partial charge in [-0.1, -0.05) is 97.2 Å². The minimum absolute atomic E-state index is 0.0131. The summed E-state index contributed by atoms with van der Waals surface area (Å²) in [6.07, 6.45) is 3.75. The second-order valence-electron chi connectivity index (χ2n) is 20.3. The van der Waals surface area contributed by atoms with E-state index in [0.717, 1.165) is 19.3 Å². The summed E-state index contributed by atoms with van der Waals surface area (Å²) in [4.78, 5) is 144. The van der Waals surface area contributed by atoms with Crippen LogP contribution in [0.3, 0.4) is 0 Å². The van der Waals surface area contributed by atoms with Crippen molar-refractivity contribution in [3.8, 4) is 5.75 Å². The molecule has 2 heterocycles. The Bertz CT molecular complexity index is 2490. The standard InChI is InChI=1S/C53H77N13O11S2/c1-4-77-34-19-17-33(18-20-34)26-36-46(71)62-37(25-32-13-7-5-8-14-32)48(73)65-44(31(2)3)50(75)63-38(27-41(54)67)47(72)64-39(30-78-79-53(28-43(69)60-36)21-9-6-10-22-53)51(76)66-24-12-16-40(66)49(74)61-35(15-11-23-58-52(56)57)45(70)59-29-42(55)68/h5,7-8,13-14,17-20,31,35-40,44H,4,6,9-12,15-16,21-30H2,1-3H3,(H2,54,67)(H2,55,68)(H,59,70)(H,60,69)(H,61,74)(H,62,71)(H,63,75)(H,64,72)(H,65,73)(H4,56,57,58)/t35-,36+,37+,38+,39+,40+,44+/m1/s1. The van der Waals surface area contributed by atoms with Crippen molar-refractivity contribution >= 4 is 86.6 Å². The molecule has 2 aliphatic heterocycles. The van der Waals surface area contributed by atoms with Crippen LogP contribution in [-0.2, 0) is 60.8 Å². The molecule has 1 aliphatic carbocycles. The van der Waals surface area contributed by atoms with Crippen molar-refractivity contribution in [2.24, 2.45) is 33.8 Å². The number of nitrogens with two attached hydrogens (primary N) is 4. The van der Waals surface area contributed by atoms with Crippen molar-refractivity contribution in [2.75, 3.05) is 32.0 Å². The number of guanidine groups is 1. The van der Waals surface area contributed by atoms with Crippen molar-refractivity contribution in [1.82, 2.24) is 42.1 Å². The first-order valence-corrected chi connectivity index (χ1v) is 29.1. The molecule has 2 aromatic carbocycles. The molecule has 10 amide bonds. The zero-order valence-electron chi connectivity index (χ0n) is 45.1. The van der Waals surface area contributed by atoms with Gasteiger partial charge in [0.25, 0.3) is 0 Å². The molecular weight excluding hydrogens is 1060 g/mol. The van der Waals surface area contributed by atoms with Crippen LogP contribution in [0.2, 0.25) is 0 Å². The highest BCUT2D eigenvalue weighted by Gasteiger charge is 2.42. The van der Waals surface area contributed by atoms with Crippen molar-refractivity contribution < 1.29 is 52.7 Å². The Morgan fingerprint density at radius 1 is 0.772 bits per heavy atom. The number of likely N-dealkylation sites (tertiary alicyclic amines) is 1. The summed E-state index contributed by atoms with van der Waals surface area (Å²) in [5, 5.41) is 19.0. The van der Waals surface area contributed by atoms with Gasteiger partial charge < -0.3 is 69.8 Å². The second-order valence-corrected chi connectivity index (χ2v) is 23.2. The number of primary amides is 2. The molecule has 24 nitrogen and oxygen atoms in total. The van der Waals surface area contributed by atoms with Crippen LogP contribution in [0.15, 0.2) is 59.6 Å². The predicted octanol–water partition coefficient (Wildman–Crippen LogP) is -0.555. The van der Waals surface area contributed by atoms with E-state index in [4.69, 9.17) is 27.7 Å². The zero-order valence-corrected chi connectivity index (χ0v) is 46.7. The molecule has 0 radical (unpaired) electrons. The number of carbonyl (C=O) groups is 10. The third-order valence-corrected chi connectivity index (χ3v) is 17.0. The number of rotatable bonds is 19. The summed E-state index contributed by atoms with van der Waals surface area (Å²) >= 11 is 0. The molecule has 0 aromatic heterocycles. The van der Waals surface area contributed by atoms with Gasteiger partial charge in [0, 0.05) is 42.9 Å². The van der Waals surface area contributed by atoms with Gasteiger partial charge in [0.15, 0.2) is 5.96 Å². The molecule has 2 saturated heterocycles. The number of benzene rings is 2. The predicted molar refractivity (Wildman–Crippen MR) is 299 cm³/mol. The highest BCUT2D eigenvalue weighted by atomic mass is 33.1. The van der Waals surface area contributed by atoms with Gasteiger partial charge in [0.1, 0.15) is 48.0 Å². The molecule has 15 N–H and O–H groups in total. The van der Waals surface area contributed by atoms with Crippen LogP contribution in [0.1, 0.15) is 103 Å². The Balaban J connectivity index is 1.52. The highest BCUT2D eigenvalue weighted by molar-refractivity contribution is 8.77. The minimum Gasteiger partial charge on any atom is -0.494 e. The van der Waals surface area contributed by atoms with E-state index in [1.54, 1.807) is 68.4 Å². The van der Waals surface area contributed by atoms with E-state index in [9.17, 15) is 47.9 Å². The van der Waals surface area contributed by atoms with E-state index < -0.39 is 125 Å². The lowest BCUT2D eigenvalue weighted by Gasteiger charge is -2.37. The van der Waals surface area contributed by atoms with Gasteiger partial charge in [0.05, 0.1) is 19.6 Å². The summed E-state index contributed by atoms with van der Waals surface area (Å²) < 4.78 is 4.92. The molecule has 3 aliphatic rings. The van der Waals surface area contributed by atoms with E-state index >= 15 is 0 Å². The minimum atomic E-state index is -1.66. The van der Waals surface area contributed by atoms with Gasteiger partial charge >= 0.3 is 0 Å². The summed E-state index contributed by atoms with van der Waals surface area (Å²) in [6.45, 7) is 5.28. The molecular formula is C53H77N13O11S2. The summed E-state index contributed by atoms with van der Waals surface area (Å²) in [7, 11) is 2.59. The van der Waals surface area contributed by atoms with E-state index in [2.05, 4.69) is 42.2 Å².